The van der Waals surface area contributed by atoms with Crippen molar-refractivity contribution >= 4 is 33.4 Å². The number of nitrogens with two attached hydrogens (primary N) is 1. The molecule has 0 radical (unpaired) electrons. The molecule has 1 atom stereocenters. The van der Waals surface area contributed by atoms with Crippen LogP contribution in [0.25, 0.3) is 0 Å². The average Bonchev–Trinajstić information content (AvgIpc) is 2.41. The minimum atomic E-state index is -3.79. The lowest BCUT2D eigenvalue weighted by molar-refractivity contribution is -0.116. The third-order valence-electron chi connectivity index (χ3n) is 3.29. The Morgan fingerprint density at radius 2 is 2.29 bits per heavy atom. The van der Waals surface area contributed by atoms with Crippen LogP contribution in [0, 0.1) is 6.92 Å². The normalized spacial score (nSPS) is 19.2. The first-order valence-corrected chi connectivity index (χ1v) is 9.31. The van der Waals surface area contributed by atoms with Gasteiger partial charge in [0.05, 0.1) is 4.90 Å². The number of carbonyl (C=O) groups is 1. The van der Waals surface area contributed by atoms with Gasteiger partial charge in [0.15, 0.2) is 0 Å². The number of sulfonamides is 1. The minimum absolute atomic E-state index is 0.0339. The van der Waals surface area contributed by atoms with Crippen LogP contribution in [0.5, 0.6) is 0 Å². The second-order valence-corrected chi connectivity index (χ2v) is 7.63. The molecule has 1 saturated heterocycles. The van der Waals surface area contributed by atoms with Gasteiger partial charge in [0.2, 0.25) is 15.9 Å². The standard InChI is InChI=1S/C13H19N3O3S2/c1-9-11(3-2-4-12(9)21(14,18)19)16-13(17)7-10-8-20-6-5-15-10/h2-4,10,15H,5-8H2,1H3,(H,16,17)(H2,14,18,19). The molecule has 6 nitrogen and oxygen atoms in total. The average molecular weight is 329 g/mol. The number of nitrogens with one attached hydrogen (secondary N) is 2. The molecule has 0 aromatic heterocycles. The summed E-state index contributed by atoms with van der Waals surface area (Å²) in [7, 11) is -3.79. The molecular weight excluding hydrogens is 310 g/mol. The molecule has 116 valence electrons. The first-order chi connectivity index (χ1) is 9.88. The number of rotatable bonds is 4. The van der Waals surface area contributed by atoms with Gasteiger partial charge in [-0.15, -0.1) is 0 Å². The second kappa shape index (κ2) is 6.78. The largest absolute Gasteiger partial charge is 0.326 e. The summed E-state index contributed by atoms with van der Waals surface area (Å²) >= 11 is 1.82. The Bertz CT molecular complexity index is 626. The van der Waals surface area contributed by atoms with Crippen LogP contribution < -0.4 is 15.8 Å². The molecule has 0 saturated carbocycles. The molecule has 1 fully saturated rings. The van der Waals surface area contributed by atoms with E-state index in [1.54, 1.807) is 19.1 Å². The van der Waals surface area contributed by atoms with E-state index in [1.807, 2.05) is 11.8 Å². The van der Waals surface area contributed by atoms with E-state index in [0.29, 0.717) is 17.7 Å². The van der Waals surface area contributed by atoms with Gasteiger partial charge in [-0.2, -0.15) is 11.8 Å². The summed E-state index contributed by atoms with van der Waals surface area (Å²) in [6.45, 7) is 2.53. The van der Waals surface area contributed by atoms with Crippen molar-refractivity contribution in [3.05, 3.63) is 23.8 Å². The number of benzene rings is 1. The van der Waals surface area contributed by atoms with Crippen LogP contribution in [0.1, 0.15) is 12.0 Å². The molecule has 8 heteroatoms. The Morgan fingerprint density at radius 1 is 1.52 bits per heavy atom. The van der Waals surface area contributed by atoms with Crippen LogP contribution in [0.15, 0.2) is 23.1 Å². The van der Waals surface area contributed by atoms with Crippen molar-refractivity contribution < 1.29 is 13.2 Å². The topological polar surface area (TPSA) is 101 Å². The minimum Gasteiger partial charge on any atom is -0.326 e. The molecular formula is C13H19N3O3S2. The lowest BCUT2D eigenvalue weighted by Crippen LogP contribution is -2.40. The molecule has 1 aliphatic heterocycles. The molecule has 1 aliphatic rings. The van der Waals surface area contributed by atoms with E-state index in [-0.39, 0.29) is 16.8 Å². The molecule has 4 N–H and O–H groups in total. The summed E-state index contributed by atoms with van der Waals surface area (Å²) < 4.78 is 22.9. The van der Waals surface area contributed by atoms with Crippen LogP contribution in [0.2, 0.25) is 0 Å². The zero-order valence-electron chi connectivity index (χ0n) is 11.8. The molecule has 1 heterocycles. The SMILES string of the molecule is Cc1c(NC(=O)CC2CSCCN2)cccc1S(N)(=O)=O. The van der Waals surface area contributed by atoms with E-state index in [9.17, 15) is 13.2 Å². The van der Waals surface area contributed by atoms with E-state index >= 15 is 0 Å². The smallest absolute Gasteiger partial charge is 0.238 e. The lowest BCUT2D eigenvalue weighted by Gasteiger charge is -2.22. The van der Waals surface area contributed by atoms with Crippen LogP contribution >= 0.6 is 11.8 Å². The van der Waals surface area contributed by atoms with Crippen molar-refractivity contribution in [2.75, 3.05) is 23.4 Å². The molecule has 1 aromatic rings. The predicted octanol–water partition coefficient (Wildman–Crippen LogP) is 0.676. The van der Waals surface area contributed by atoms with E-state index < -0.39 is 10.0 Å². The molecule has 1 unspecified atom stereocenters. The molecule has 0 bridgehead atoms. The zero-order chi connectivity index (χ0) is 15.5. The van der Waals surface area contributed by atoms with Crippen LogP contribution in [-0.4, -0.2) is 38.4 Å². The number of hydrogen-bond acceptors (Lipinski definition) is 5. The Hall–Kier alpha value is -1.09. The van der Waals surface area contributed by atoms with Gasteiger partial charge in [-0.1, -0.05) is 6.07 Å². The van der Waals surface area contributed by atoms with Crippen LogP contribution in [0.3, 0.4) is 0 Å². The van der Waals surface area contributed by atoms with Gasteiger partial charge in [-0.25, -0.2) is 13.6 Å². The maximum atomic E-state index is 12.1. The van der Waals surface area contributed by atoms with Crippen LogP contribution in [0.4, 0.5) is 5.69 Å². The predicted molar refractivity (Wildman–Crippen MR) is 84.9 cm³/mol. The highest BCUT2D eigenvalue weighted by atomic mass is 32.2. The molecule has 1 amide bonds. The molecule has 1 aromatic carbocycles. The van der Waals surface area contributed by atoms with Crippen molar-refractivity contribution in [1.29, 1.82) is 0 Å². The number of amides is 1. The maximum Gasteiger partial charge on any atom is 0.238 e. The van der Waals surface area contributed by atoms with Gasteiger partial charge in [-0.05, 0) is 24.6 Å². The highest BCUT2D eigenvalue weighted by Gasteiger charge is 2.19. The lowest BCUT2D eigenvalue weighted by atomic mass is 10.1. The van der Waals surface area contributed by atoms with Crippen molar-refractivity contribution in [3.8, 4) is 0 Å². The monoisotopic (exact) mass is 329 g/mol. The fourth-order valence-corrected chi connectivity index (χ4v) is 3.99. The molecule has 0 aliphatic carbocycles. The quantitative estimate of drug-likeness (QED) is 0.754. The van der Waals surface area contributed by atoms with Crippen molar-refractivity contribution in [2.24, 2.45) is 5.14 Å². The summed E-state index contributed by atoms with van der Waals surface area (Å²) in [5.74, 6) is 1.83. The summed E-state index contributed by atoms with van der Waals surface area (Å²) in [4.78, 5) is 12.1. The van der Waals surface area contributed by atoms with Gasteiger partial charge in [0, 0.05) is 36.2 Å². The van der Waals surface area contributed by atoms with E-state index in [1.165, 1.54) is 6.07 Å². The number of thioether (sulfide) groups is 1. The van der Waals surface area contributed by atoms with Gasteiger partial charge in [0.25, 0.3) is 0 Å². The van der Waals surface area contributed by atoms with Crippen LogP contribution in [-0.2, 0) is 14.8 Å². The summed E-state index contributed by atoms with van der Waals surface area (Å²) in [6.07, 6.45) is 0.367. The molecule has 0 spiro atoms. The number of hydrogen-bond donors (Lipinski definition) is 3. The number of carbonyl (C=O) groups excluding carboxylic acids is 1. The van der Waals surface area contributed by atoms with Crippen molar-refractivity contribution in [2.45, 2.75) is 24.3 Å². The molecule has 21 heavy (non-hydrogen) atoms. The first-order valence-electron chi connectivity index (χ1n) is 6.61. The Kier molecular flexibility index (Phi) is 5.26. The summed E-state index contributed by atoms with van der Waals surface area (Å²) in [5.41, 5.74) is 0.939. The van der Waals surface area contributed by atoms with Crippen molar-refractivity contribution in [3.63, 3.8) is 0 Å². The highest BCUT2D eigenvalue weighted by molar-refractivity contribution is 7.99. The van der Waals surface area contributed by atoms with E-state index in [4.69, 9.17) is 5.14 Å². The maximum absolute atomic E-state index is 12.1. The zero-order valence-corrected chi connectivity index (χ0v) is 13.4. The van der Waals surface area contributed by atoms with Gasteiger partial charge < -0.3 is 10.6 Å². The third kappa shape index (κ3) is 4.44. The Labute approximate surface area is 128 Å². The Balaban J connectivity index is 2.07. The number of primary sulfonamides is 1. The highest BCUT2D eigenvalue weighted by Crippen LogP contribution is 2.22. The van der Waals surface area contributed by atoms with Gasteiger partial charge in [0.1, 0.15) is 0 Å². The van der Waals surface area contributed by atoms with Gasteiger partial charge in [-0.3, -0.25) is 4.79 Å². The fraction of sp³-hybridized carbons (Fsp3) is 0.462. The van der Waals surface area contributed by atoms with E-state index in [0.717, 1.165) is 18.1 Å². The van der Waals surface area contributed by atoms with Crippen molar-refractivity contribution in [1.82, 2.24) is 5.32 Å². The Morgan fingerprint density at radius 3 is 2.90 bits per heavy atom. The first kappa shape index (κ1) is 16.3. The number of anilines is 1. The third-order valence-corrected chi connectivity index (χ3v) is 5.48. The second-order valence-electron chi connectivity index (χ2n) is 4.95. The van der Waals surface area contributed by atoms with E-state index in [2.05, 4.69) is 10.6 Å². The molecule has 2 rings (SSSR count). The summed E-state index contributed by atoms with van der Waals surface area (Å²) in [6, 6.07) is 4.83. The van der Waals surface area contributed by atoms with Gasteiger partial charge >= 0.3 is 0 Å². The summed E-state index contributed by atoms with van der Waals surface area (Å²) in [5, 5.41) is 11.2. The fourth-order valence-electron chi connectivity index (χ4n) is 2.23.